The van der Waals surface area contributed by atoms with Crippen LogP contribution in [0.5, 0.6) is 5.75 Å². The standard InChI is InChI=1S/C15H24N2O2/c1-17(13-4-3-5-15(12-13)18-2)10-11-19-14-6-8-16-9-7-14/h3-5,12,14,16H,6-11H2,1-2H3. The normalized spacial score (nSPS) is 16.3. The van der Waals surface area contributed by atoms with Crippen LogP contribution in [0.3, 0.4) is 0 Å². The predicted molar refractivity (Wildman–Crippen MR) is 78.1 cm³/mol. The summed E-state index contributed by atoms with van der Waals surface area (Å²) in [6.45, 7) is 3.84. The van der Waals surface area contributed by atoms with Crippen LogP contribution in [-0.4, -0.2) is 46.5 Å². The molecule has 1 aliphatic heterocycles. The number of benzene rings is 1. The number of hydrogen-bond acceptors (Lipinski definition) is 4. The lowest BCUT2D eigenvalue weighted by atomic mass is 10.1. The molecule has 0 unspecified atom stereocenters. The second-order valence-electron chi connectivity index (χ2n) is 4.94. The summed E-state index contributed by atoms with van der Waals surface area (Å²) in [6, 6.07) is 8.11. The van der Waals surface area contributed by atoms with Crippen molar-refractivity contribution in [2.45, 2.75) is 18.9 Å². The minimum atomic E-state index is 0.431. The zero-order chi connectivity index (χ0) is 13.5. The minimum Gasteiger partial charge on any atom is -0.497 e. The smallest absolute Gasteiger partial charge is 0.120 e. The van der Waals surface area contributed by atoms with E-state index >= 15 is 0 Å². The summed E-state index contributed by atoms with van der Waals surface area (Å²) in [5.74, 6) is 0.892. The Morgan fingerprint density at radius 1 is 1.32 bits per heavy atom. The van der Waals surface area contributed by atoms with Gasteiger partial charge in [-0.1, -0.05) is 6.07 Å². The fourth-order valence-corrected chi connectivity index (χ4v) is 2.30. The van der Waals surface area contributed by atoms with Crippen molar-refractivity contribution >= 4 is 5.69 Å². The van der Waals surface area contributed by atoms with Gasteiger partial charge in [-0.25, -0.2) is 0 Å². The number of ether oxygens (including phenoxy) is 2. The van der Waals surface area contributed by atoms with E-state index in [0.717, 1.165) is 50.5 Å². The molecule has 0 radical (unpaired) electrons. The molecule has 106 valence electrons. The summed E-state index contributed by atoms with van der Waals surface area (Å²) in [5, 5.41) is 3.35. The average Bonchev–Trinajstić information content (AvgIpc) is 2.48. The van der Waals surface area contributed by atoms with Gasteiger partial charge < -0.3 is 19.7 Å². The summed E-state index contributed by atoms with van der Waals surface area (Å²) in [4.78, 5) is 2.20. The topological polar surface area (TPSA) is 33.7 Å². The van der Waals surface area contributed by atoms with Crippen molar-refractivity contribution in [1.29, 1.82) is 0 Å². The van der Waals surface area contributed by atoms with Gasteiger partial charge in [0.25, 0.3) is 0 Å². The number of piperidine rings is 1. The maximum Gasteiger partial charge on any atom is 0.120 e. The van der Waals surface area contributed by atoms with Gasteiger partial charge in [0.1, 0.15) is 5.75 Å². The van der Waals surface area contributed by atoms with E-state index in [1.807, 2.05) is 18.2 Å². The highest BCUT2D eigenvalue weighted by atomic mass is 16.5. The molecular formula is C15H24N2O2. The Bertz CT molecular complexity index is 378. The molecule has 1 aromatic carbocycles. The summed E-state index contributed by atoms with van der Waals surface area (Å²) >= 11 is 0. The highest BCUT2D eigenvalue weighted by Crippen LogP contribution is 2.19. The van der Waals surface area contributed by atoms with Crippen molar-refractivity contribution in [2.75, 3.05) is 45.3 Å². The van der Waals surface area contributed by atoms with Crippen molar-refractivity contribution in [3.8, 4) is 5.75 Å². The van der Waals surface area contributed by atoms with E-state index in [4.69, 9.17) is 9.47 Å². The molecule has 1 aromatic rings. The second kappa shape index (κ2) is 7.36. The highest BCUT2D eigenvalue weighted by Gasteiger charge is 2.13. The number of nitrogens with zero attached hydrogens (tertiary/aromatic N) is 1. The largest absolute Gasteiger partial charge is 0.497 e. The first kappa shape index (κ1) is 14.2. The molecule has 4 nitrogen and oxygen atoms in total. The zero-order valence-corrected chi connectivity index (χ0v) is 11.9. The van der Waals surface area contributed by atoms with Gasteiger partial charge in [0, 0.05) is 25.3 Å². The van der Waals surface area contributed by atoms with Gasteiger partial charge in [-0.2, -0.15) is 0 Å². The minimum absolute atomic E-state index is 0.431. The van der Waals surface area contributed by atoms with Crippen LogP contribution in [0.15, 0.2) is 24.3 Å². The average molecular weight is 264 g/mol. The first-order valence-corrected chi connectivity index (χ1v) is 6.97. The fraction of sp³-hybridized carbons (Fsp3) is 0.600. The summed E-state index contributed by atoms with van der Waals surface area (Å²) in [5.41, 5.74) is 1.16. The van der Waals surface area contributed by atoms with E-state index in [1.54, 1.807) is 7.11 Å². The Morgan fingerprint density at radius 2 is 2.11 bits per heavy atom. The van der Waals surface area contributed by atoms with E-state index < -0.39 is 0 Å². The lowest BCUT2D eigenvalue weighted by Crippen LogP contribution is -2.34. The third-order valence-electron chi connectivity index (χ3n) is 3.56. The molecule has 1 fully saturated rings. The molecule has 4 heteroatoms. The van der Waals surface area contributed by atoms with Gasteiger partial charge >= 0.3 is 0 Å². The van der Waals surface area contributed by atoms with E-state index in [-0.39, 0.29) is 0 Å². The number of methoxy groups -OCH3 is 1. The SMILES string of the molecule is COc1cccc(N(C)CCOC2CCNCC2)c1. The molecule has 1 aliphatic rings. The monoisotopic (exact) mass is 264 g/mol. The van der Waals surface area contributed by atoms with Crippen LogP contribution < -0.4 is 15.0 Å². The van der Waals surface area contributed by atoms with Crippen LogP contribution in [0.4, 0.5) is 5.69 Å². The molecule has 0 bridgehead atoms. The number of nitrogens with one attached hydrogen (secondary N) is 1. The first-order chi connectivity index (χ1) is 9.29. The molecule has 0 atom stereocenters. The number of anilines is 1. The Kier molecular flexibility index (Phi) is 5.48. The molecule has 0 amide bonds. The highest BCUT2D eigenvalue weighted by molar-refractivity contribution is 5.49. The van der Waals surface area contributed by atoms with Crippen LogP contribution in [0.25, 0.3) is 0 Å². The van der Waals surface area contributed by atoms with Crippen molar-refractivity contribution in [1.82, 2.24) is 5.32 Å². The van der Waals surface area contributed by atoms with Crippen molar-refractivity contribution < 1.29 is 9.47 Å². The Hall–Kier alpha value is -1.26. The van der Waals surface area contributed by atoms with Gasteiger partial charge in [-0.15, -0.1) is 0 Å². The molecule has 1 heterocycles. The van der Waals surface area contributed by atoms with Crippen molar-refractivity contribution in [3.63, 3.8) is 0 Å². The predicted octanol–water partition coefficient (Wildman–Crippen LogP) is 1.90. The summed E-state index contributed by atoms with van der Waals surface area (Å²) in [7, 11) is 3.78. The van der Waals surface area contributed by atoms with Crippen molar-refractivity contribution in [3.05, 3.63) is 24.3 Å². The maximum absolute atomic E-state index is 5.92. The van der Waals surface area contributed by atoms with Crippen molar-refractivity contribution in [2.24, 2.45) is 0 Å². The fourth-order valence-electron chi connectivity index (χ4n) is 2.30. The van der Waals surface area contributed by atoms with E-state index in [0.29, 0.717) is 6.10 Å². The number of hydrogen-bond donors (Lipinski definition) is 1. The molecule has 0 spiro atoms. The lowest BCUT2D eigenvalue weighted by Gasteiger charge is -2.25. The van der Waals surface area contributed by atoms with Crippen LogP contribution in [-0.2, 0) is 4.74 Å². The first-order valence-electron chi connectivity index (χ1n) is 6.97. The summed E-state index contributed by atoms with van der Waals surface area (Å²) < 4.78 is 11.2. The molecule has 2 rings (SSSR count). The van der Waals surface area contributed by atoms with Gasteiger partial charge in [0.2, 0.25) is 0 Å². The molecule has 0 saturated carbocycles. The molecule has 0 aromatic heterocycles. The van der Waals surface area contributed by atoms with Gasteiger partial charge in [-0.3, -0.25) is 0 Å². The van der Waals surface area contributed by atoms with Gasteiger partial charge in [0.15, 0.2) is 0 Å². The van der Waals surface area contributed by atoms with E-state index in [1.165, 1.54) is 0 Å². The molecule has 19 heavy (non-hydrogen) atoms. The number of rotatable bonds is 6. The summed E-state index contributed by atoms with van der Waals surface area (Å²) in [6.07, 6.45) is 2.69. The quantitative estimate of drug-likeness (QED) is 0.851. The lowest BCUT2D eigenvalue weighted by molar-refractivity contribution is 0.0376. The Labute approximate surface area is 115 Å². The van der Waals surface area contributed by atoms with E-state index in [2.05, 4.69) is 23.3 Å². The van der Waals surface area contributed by atoms with Crippen LogP contribution in [0.1, 0.15) is 12.8 Å². The molecule has 1 saturated heterocycles. The molecule has 1 N–H and O–H groups in total. The molecular weight excluding hydrogens is 240 g/mol. The molecule has 0 aliphatic carbocycles. The Morgan fingerprint density at radius 3 is 2.84 bits per heavy atom. The second-order valence-corrected chi connectivity index (χ2v) is 4.94. The Balaban J connectivity index is 1.75. The zero-order valence-electron chi connectivity index (χ0n) is 11.9. The van der Waals surface area contributed by atoms with Crippen LogP contribution in [0, 0.1) is 0 Å². The van der Waals surface area contributed by atoms with Gasteiger partial charge in [0.05, 0.1) is 19.8 Å². The number of likely N-dealkylation sites (N-methyl/N-ethyl adjacent to an activating group) is 1. The third-order valence-corrected chi connectivity index (χ3v) is 3.56. The van der Waals surface area contributed by atoms with Crippen LogP contribution >= 0.6 is 0 Å². The maximum atomic E-state index is 5.92. The van der Waals surface area contributed by atoms with E-state index in [9.17, 15) is 0 Å². The van der Waals surface area contributed by atoms with Gasteiger partial charge in [-0.05, 0) is 38.1 Å². The third kappa shape index (κ3) is 4.40. The van der Waals surface area contributed by atoms with Crippen LogP contribution in [0.2, 0.25) is 0 Å².